The molecule has 0 saturated carbocycles. The number of carbonyl (C=O) groups is 1. The lowest BCUT2D eigenvalue weighted by Crippen LogP contribution is -2.03. The van der Waals surface area contributed by atoms with E-state index in [1.165, 1.54) is 13.2 Å². The fraction of sp³-hybridized carbons (Fsp3) is 0.222. The van der Waals surface area contributed by atoms with Crippen molar-refractivity contribution in [2.24, 2.45) is 0 Å². The van der Waals surface area contributed by atoms with Crippen molar-refractivity contribution in [2.45, 2.75) is 6.61 Å². The van der Waals surface area contributed by atoms with E-state index in [0.29, 0.717) is 10.6 Å². The number of carboxylic acids is 1. The average molecular weight is 201 g/mol. The molecular weight excluding hydrogens is 192 g/mol. The fourth-order valence-corrected chi connectivity index (χ4v) is 1.28. The Hall–Kier alpha value is -1.06. The standard InChI is InChI=1S/C9H9ClO3/c1-13-5-7-6(9(11)12)3-2-4-8(7)10/h2-4H,5H2,1H3,(H,11,12). The molecule has 0 aromatic heterocycles. The summed E-state index contributed by atoms with van der Waals surface area (Å²) in [6.07, 6.45) is 0. The highest BCUT2D eigenvalue weighted by atomic mass is 35.5. The van der Waals surface area contributed by atoms with Crippen LogP contribution in [0.5, 0.6) is 0 Å². The van der Waals surface area contributed by atoms with Crippen LogP contribution >= 0.6 is 11.6 Å². The Balaban J connectivity index is 3.17. The lowest BCUT2D eigenvalue weighted by Gasteiger charge is -2.06. The number of hydrogen-bond acceptors (Lipinski definition) is 2. The van der Waals surface area contributed by atoms with Crippen molar-refractivity contribution in [3.63, 3.8) is 0 Å². The highest BCUT2D eigenvalue weighted by Crippen LogP contribution is 2.20. The lowest BCUT2D eigenvalue weighted by atomic mass is 10.1. The monoisotopic (exact) mass is 200 g/mol. The number of methoxy groups -OCH3 is 1. The Morgan fingerprint density at radius 1 is 1.62 bits per heavy atom. The van der Waals surface area contributed by atoms with Crippen LogP contribution in [0, 0.1) is 0 Å². The third kappa shape index (κ3) is 2.20. The molecule has 0 saturated heterocycles. The Labute approximate surface area is 80.9 Å². The van der Waals surface area contributed by atoms with Gasteiger partial charge < -0.3 is 9.84 Å². The van der Waals surface area contributed by atoms with Gasteiger partial charge in [-0.25, -0.2) is 4.79 Å². The van der Waals surface area contributed by atoms with Gasteiger partial charge in [-0.1, -0.05) is 17.7 Å². The average Bonchev–Trinajstić information content (AvgIpc) is 2.08. The largest absolute Gasteiger partial charge is 0.478 e. The fourth-order valence-electron chi connectivity index (χ4n) is 1.05. The lowest BCUT2D eigenvalue weighted by molar-refractivity contribution is 0.0692. The number of carboxylic acid groups (broad SMARTS) is 1. The summed E-state index contributed by atoms with van der Waals surface area (Å²) in [6, 6.07) is 4.75. The van der Waals surface area contributed by atoms with E-state index in [1.54, 1.807) is 12.1 Å². The SMILES string of the molecule is COCc1c(Cl)cccc1C(=O)O. The zero-order chi connectivity index (χ0) is 9.84. The van der Waals surface area contributed by atoms with Crippen molar-refractivity contribution < 1.29 is 14.6 Å². The zero-order valence-corrected chi connectivity index (χ0v) is 7.84. The molecule has 0 unspecified atom stereocenters. The van der Waals surface area contributed by atoms with E-state index in [1.807, 2.05) is 0 Å². The minimum atomic E-state index is -0.991. The second-order valence-electron chi connectivity index (χ2n) is 2.50. The number of rotatable bonds is 3. The predicted molar refractivity (Wildman–Crippen MR) is 49.1 cm³/mol. The van der Waals surface area contributed by atoms with E-state index in [-0.39, 0.29) is 12.2 Å². The summed E-state index contributed by atoms with van der Waals surface area (Å²) in [5.41, 5.74) is 0.702. The van der Waals surface area contributed by atoms with Crippen molar-refractivity contribution >= 4 is 17.6 Å². The molecule has 0 aliphatic heterocycles. The van der Waals surface area contributed by atoms with Gasteiger partial charge in [0, 0.05) is 17.7 Å². The summed E-state index contributed by atoms with van der Waals surface area (Å²) in [6.45, 7) is 0.210. The zero-order valence-electron chi connectivity index (χ0n) is 7.08. The van der Waals surface area contributed by atoms with Crippen LogP contribution < -0.4 is 0 Å². The molecule has 0 atom stereocenters. The maximum atomic E-state index is 10.7. The summed E-state index contributed by atoms with van der Waals surface area (Å²) in [5, 5.41) is 9.22. The molecule has 1 aromatic carbocycles. The van der Waals surface area contributed by atoms with Gasteiger partial charge in [-0.15, -0.1) is 0 Å². The summed E-state index contributed by atoms with van der Waals surface area (Å²) in [7, 11) is 1.49. The summed E-state index contributed by atoms with van der Waals surface area (Å²) in [5.74, 6) is -0.991. The van der Waals surface area contributed by atoms with Crippen LogP contribution in [0.15, 0.2) is 18.2 Å². The van der Waals surface area contributed by atoms with E-state index >= 15 is 0 Å². The van der Waals surface area contributed by atoms with E-state index in [2.05, 4.69) is 0 Å². The van der Waals surface area contributed by atoms with Crippen molar-refractivity contribution in [3.05, 3.63) is 34.3 Å². The smallest absolute Gasteiger partial charge is 0.336 e. The predicted octanol–water partition coefficient (Wildman–Crippen LogP) is 2.18. The maximum absolute atomic E-state index is 10.7. The molecule has 0 fully saturated rings. The molecule has 0 aliphatic carbocycles. The van der Waals surface area contributed by atoms with Crippen LogP contribution in [-0.2, 0) is 11.3 Å². The van der Waals surface area contributed by atoms with E-state index < -0.39 is 5.97 Å². The minimum absolute atomic E-state index is 0.189. The van der Waals surface area contributed by atoms with Gasteiger partial charge in [-0.05, 0) is 12.1 Å². The molecule has 0 radical (unpaired) electrons. The Bertz CT molecular complexity index is 323. The molecule has 0 bridgehead atoms. The number of halogens is 1. The normalized spacial score (nSPS) is 10.0. The van der Waals surface area contributed by atoms with Crippen LogP contribution in [0.25, 0.3) is 0 Å². The van der Waals surface area contributed by atoms with Gasteiger partial charge in [0.15, 0.2) is 0 Å². The Kier molecular flexibility index (Phi) is 3.28. The molecule has 70 valence electrons. The summed E-state index contributed by atoms with van der Waals surface area (Å²) < 4.78 is 4.85. The van der Waals surface area contributed by atoms with Crippen molar-refractivity contribution in [3.8, 4) is 0 Å². The van der Waals surface area contributed by atoms with Gasteiger partial charge in [0.2, 0.25) is 0 Å². The summed E-state index contributed by atoms with van der Waals surface area (Å²) in [4.78, 5) is 10.7. The van der Waals surface area contributed by atoms with Gasteiger partial charge >= 0.3 is 5.97 Å². The number of aromatic carboxylic acids is 1. The van der Waals surface area contributed by atoms with Crippen LogP contribution in [0.2, 0.25) is 5.02 Å². The third-order valence-corrected chi connectivity index (χ3v) is 1.99. The van der Waals surface area contributed by atoms with Crippen LogP contribution in [0.3, 0.4) is 0 Å². The van der Waals surface area contributed by atoms with E-state index in [0.717, 1.165) is 0 Å². The van der Waals surface area contributed by atoms with Gasteiger partial charge in [-0.3, -0.25) is 0 Å². The molecule has 13 heavy (non-hydrogen) atoms. The Morgan fingerprint density at radius 2 is 2.31 bits per heavy atom. The number of benzene rings is 1. The molecule has 0 amide bonds. The van der Waals surface area contributed by atoms with Crippen molar-refractivity contribution in [2.75, 3.05) is 7.11 Å². The number of ether oxygens (including phenoxy) is 1. The third-order valence-electron chi connectivity index (χ3n) is 1.64. The molecule has 0 spiro atoms. The molecule has 0 aliphatic rings. The van der Waals surface area contributed by atoms with E-state index in [9.17, 15) is 4.79 Å². The Morgan fingerprint density at radius 3 is 2.85 bits per heavy atom. The van der Waals surface area contributed by atoms with Crippen molar-refractivity contribution in [1.82, 2.24) is 0 Å². The van der Waals surface area contributed by atoms with Crippen LogP contribution in [-0.4, -0.2) is 18.2 Å². The molecule has 0 heterocycles. The first kappa shape index (κ1) is 10.0. The van der Waals surface area contributed by atoms with Crippen molar-refractivity contribution in [1.29, 1.82) is 0 Å². The second-order valence-corrected chi connectivity index (χ2v) is 2.91. The first-order chi connectivity index (χ1) is 6.16. The number of hydrogen-bond donors (Lipinski definition) is 1. The van der Waals surface area contributed by atoms with Gasteiger partial charge in [0.05, 0.1) is 12.2 Å². The highest BCUT2D eigenvalue weighted by molar-refractivity contribution is 6.31. The minimum Gasteiger partial charge on any atom is -0.478 e. The van der Waals surface area contributed by atoms with Crippen LogP contribution in [0.1, 0.15) is 15.9 Å². The van der Waals surface area contributed by atoms with Gasteiger partial charge in [0.25, 0.3) is 0 Å². The highest BCUT2D eigenvalue weighted by Gasteiger charge is 2.11. The topological polar surface area (TPSA) is 46.5 Å². The molecule has 3 nitrogen and oxygen atoms in total. The molecule has 1 aromatic rings. The van der Waals surface area contributed by atoms with Gasteiger partial charge in [-0.2, -0.15) is 0 Å². The quantitative estimate of drug-likeness (QED) is 0.814. The molecule has 1 N–H and O–H groups in total. The first-order valence-electron chi connectivity index (χ1n) is 3.66. The van der Waals surface area contributed by atoms with E-state index in [4.69, 9.17) is 21.4 Å². The molecule has 4 heteroatoms. The maximum Gasteiger partial charge on any atom is 0.336 e. The first-order valence-corrected chi connectivity index (χ1v) is 4.04. The van der Waals surface area contributed by atoms with Gasteiger partial charge in [0.1, 0.15) is 0 Å². The van der Waals surface area contributed by atoms with Crippen LogP contribution in [0.4, 0.5) is 0 Å². The molecule has 1 rings (SSSR count). The molecular formula is C9H9ClO3. The summed E-state index contributed by atoms with van der Waals surface area (Å²) >= 11 is 5.81. The second kappa shape index (κ2) is 4.25.